The zero-order chi connectivity index (χ0) is 13.4. The Morgan fingerprint density at radius 3 is 2.58 bits per heavy atom. The van der Waals surface area contributed by atoms with E-state index in [9.17, 15) is 5.11 Å². The number of fused-ring (bicyclic) bond motifs is 2. The van der Waals surface area contributed by atoms with Crippen LogP contribution in [0.3, 0.4) is 0 Å². The molecule has 3 nitrogen and oxygen atoms in total. The lowest BCUT2D eigenvalue weighted by atomic mass is 9.96. The first-order valence-corrected chi connectivity index (χ1v) is 7.40. The quantitative estimate of drug-likeness (QED) is 0.877. The molecule has 0 amide bonds. The standard InChI is InChI=1S/C16H24N2O/c1-11(12-4-3-5-16(19)8-12)17-13-9-14-6-7-15(10-13)18(14)2/h3-5,8,11,13-15,17,19H,6-7,9-10H2,1-2H3. The van der Waals surface area contributed by atoms with E-state index in [-0.39, 0.29) is 0 Å². The molecular weight excluding hydrogens is 236 g/mol. The van der Waals surface area contributed by atoms with Gasteiger partial charge in [0.1, 0.15) is 5.75 Å². The van der Waals surface area contributed by atoms with Crippen molar-refractivity contribution in [2.24, 2.45) is 0 Å². The first kappa shape index (κ1) is 12.9. The average Bonchev–Trinajstić information content (AvgIpc) is 2.62. The van der Waals surface area contributed by atoms with Crippen molar-refractivity contribution in [3.05, 3.63) is 29.8 Å². The summed E-state index contributed by atoms with van der Waals surface area (Å²) in [5, 5.41) is 13.3. The molecule has 3 rings (SSSR count). The molecule has 104 valence electrons. The van der Waals surface area contributed by atoms with Crippen molar-refractivity contribution in [3.63, 3.8) is 0 Å². The Morgan fingerprint density at radius 2 is 1.95 bits per heavy atom. The van der Waals surface area contributed by atoms with Gasteiger partial charge < -0.3 is 15.3 Å². The van der Waals surface area contributed by atoms with Crippen LogP contribution in [-0.4, -0.2) is 35.2 Å². The summed E-state index contributed by atoms with van der Waals surface area (Å²) in [6, 6.07) is 10.1. The van der Waals surface area contributed by atoms with Crippen molar-refractivity contribution in [1.29, 1.82) is 0 Å². The van der Waals surface area contributed by atoms with Crippen LogP contribution in [0.1, 0.15) is 44.2 Å². The van der Waals surface area contributed by atoms with Gasteiger partial charge in [-0.15, -0.1) is 0 Å². The van der Waals surface area contributed by atoms with Crippen LogP contribution in [0.2, 0.25) is 0 Å². The highest BCUT2D eigenvalue weighted by molar-refractivity contribution is 5.29. The Balaban J connectivity index is 1.63. The van der Waals surface area contributed by atoms with E-state index >= 15 is 0 Å². The van der Waals surface area contributed by atoms with Crippen LogP contribution in [0.25, 0.3) is 0 Å². The summed E-state index contributed by atoms with van der Waals surface area (Å²) in [4.78, 5) is 2.57. The SMILES string of the molecule is CC(NC1CC2CCC(C1)N2C)c1cccc(O)c1. The lowest BCUT2D eigenvalue weighted by Crippen LogP contribution is -2.47. The number of rotatable bonds is 3. The molecule has 0 aliphatic carbocycles. The molecule has 19 heavy (non-hydrogen) atoms. The summed E-state index contributed by atoms with van der Waals surface area (Å²) >= 11 is 0. The molecule has 1 aromatic rings. The minimum absolute atomic E-state index is 0.305. The van der Waals surface area contributed by atoms with Gasteiger partial charge in [-0.25, -0.2) is 0 Å². The second-order valence-electron chi connectivity index (χ2n) is 6.20. The number of aromatic hydroxyl groups is 1. The third-order valence-corrected chi connectivity index (χ3v) is 4.95. The molecule has 3 unspecified atom stereocenters. The predicted molar refractivity (Wildman–Crippen MR) is 77.3 cm³/mol. The summed E-state index contributed by atoms with van der Waals surface area (Å²) in [7, 11) is 2.28. The number of nitrogens with one attached hydrogen (secondary N) is 1. The maximum Gasteiger partial charge on any atom is 0.115 e. The highest BCUT2D eigenvalue weighted by atomic mass is 16.3. The van der Waals surface area contributed by atoms with E-state index in [1.54, 1.807) is 6.07 Å². The minimum atomic E-state index is 0.305. The number of phenolic OH excluding ortho intramolecular Hbond substituents is 1. The van der Waals surface area contributed by atoms with Crippen molar-refractivity contribution in [2.75, 3.05) is 7.05 Å². The maximum atomic E-state index is 9.56. The molecule has 0 aromatic heterocycles. The molecule has 0 spiro atoms. The lowest BCUT2D eigenvalue weighted by molar-refractivity contribution is 0.144. The Kier molecular flexibility index (Phi) is 3.50. The normalized spacial score (nSPS) is 32.4. The Morgan fingerprint density at radius 1 is 1.26 bits per heavy atom. The van der Waals surface area contributed by atoms with E-state index in [1.165, 1.54) is 31.2 Å². The largest absolute Gasteiger partial charge is 0.508 e. The Labute approximate surface area is 115 Å². The van der Waals surface area contributed by atoms with E-state index in [4.69, 9.17) is 0 Å². The molecule has 2 aliphatic rings. The van der Waals surface area contributed by atoms with Crippen LogP contribution in [0, 0.1) is 0 Å². The number of phenols is 1. The van der Waals surface area contributed by atoms with Crippen molar-refractivity contribution in [3.8, 4) is 5.75 Å². The molecule has 2 saturated heterocycles. The molecule has 2 bridgehead atoms. The summed E-state index contributed by atoms with van der Waals surface area (Å²) in [5.41, 5.74) is 1.17. The van der Waals surface area contributed by atoms with Gasteiger partial charge in [0.25, 0.3) is 0 Å². The monoisotopic (exact) mass is 260 g/mol. The van der Waals surface area contributed by atoms with Crippen LogP contribution in [0.15, 0.2) is 24.3 Å². The number of nitrogens with zero attached hydrogens (tertiary/aromatic N) is 1. The van der Waals surface area contributed by atoms with Gasteiger partial charge in [0, 0.05) is 24.2 Å². The van der Waals surface area contributed by atoms with Crippen LogP contribution < -0.4 is 5.32 Å². The highest BCUT2D eigenvalue weighted by Gasteiger charge is 2.38. The molecule has 0 radical (unpaired) electrons. The van der Waals surface area contributed by atoms with Crippen molar-refractivity contribution in [1.82, 2.24) is 10.2 Å². The first-order chi connectivity index (χ1) is 9.13. The third kappa shape index (κ3) is 2.63. The number of benzene rings is 1. The number of hydrogen-bond acceptors (Lipinski definition) is 3. The van der Waals surface area contributed by atoms with Gasteiger partial charge >= 0.3 is 0 Å². The van der Waals surface area contributed by atoms with E-state index < -0.39 is 0 Å². The van der Waals surface area contributed by atoms with Crippen molar-refractivity contribution in [2.45, 2.75) is 56.8 Å². The van der Waals surface area contributed by atoms with Gasteiger partial charge in [-0.05, 0) is 57.4 Å². The molecule has 2 fully saturated rings. The number of piperidine rings is 1. The Bertz CT molecular complexity index is 434. The highest BCUT2D eigenvalue weighted by Crippen LogP contribution is 2.35. The van der Waals surface area contributed by atoms with Gasteiger partial charge in [0.2, 0.25) is 0 Å². The van der Waals surface area contributed by atoms with Gasteiger partial charge in [-0.1, -0.05) is 12.1 Å². The fourth-order valence-electron chi connectivity index (χ4n) is 3.79. The summed E-state index contributed by atoms with van der Waals surface area (Å²) in [6.45, 7) is 2.19. The molecule has 2 heterocycles. The van der Waals surface area contributed by atoms with Gasteiger partial charge in [-0.3, -0.25) is 0 Å². The zero-order valence-corrected chi connectivity index (χ0v) is 11.8. The topological polar surface area (TPSA) is 35.5 Å². The summed E-state index contributed by atoms with van der Waals surface area (Å²) in [6.07, 6.45) is 5.24. The molecular formula is C16H24N2O. The van der Waals surface area contributed by atoms with E-state index in [1.807, 2.05) is 12.1 Å². The minimum Gasteiger partial charge on any atom is -0.508 e. The van der Waals surface area contributed by atoms with Gasteiger partial charge in [0.05, 0.1) is 0 Å². The fraction of sp³-hybridized carbons (Fsp3) is 0.625. The van der Waals surface area contributed by atoms with E-state index in [0.29, 0.717) is 17.8 Å². The zero-order valence-electron chi connectivity index (χ0n) is 11.8. The number of hydrogen-bond donors (Lipinski definition) is 2. The lowest BCUT2D eigenvalue weighted by Gasteiger charge is -2.38. The first-order valence-electron chi connectivity index (χ1n) is 7.40. The summed E-state index contributed by atoms with van der Waals surface area (Å²) < 4.78 is 0. The van der Waals surface area contributed by atoms with Crippen LogP contribution >= 0.6 is 0 Å². The van der Waals surface area contributed by atoms with Gasteiger partial charge in [-0.2, -0.15) is 0 Å². The molecule has 0 saturated carbocycles. The molecule has 1 aromatic carbocycles. The average molecular weight is 260 g/mol. The Hall–Kier alpha value is -1.06. The second kappa shape index (κ2) is 5.14. The third-order valence-electron chi connectivity index (χ3n) is 4.95. The molecule has 3 heteroatoms. The predicted octanol–water partition coefficient (Wildman–Crippen LogP) is 2.67. The second-order valence-corrected chi connectivity index (χ2v) is 6.20. The van der Waals surface area contributed by atoms with Crippen LogP contribution in [0.4, 0.5) is 0 Å². The summed E-state index contributed by atoms with van der Waals surface area (Å²) in [5.74, 6) is 0.356. The fourth-order valence-corrected chi connectivity index (χ4v) is 3.79. The van der Waals surface area contributed by atoms with Gasteiger partial charge in [0.15, 0.2) is 0 Å². The molecule has 3 atom stereocenters. The maximum absolute atomic E-state index is 9.56. The molecule has 2 N–H and O–H groups in total. The van der Waals surface area contributed by atoms with Crippen LogP contribution in [-0.2, 0) is 0 Å². The van der Waals surface area contributed by atoms with E-state index in [2.05, 4.69) is 30.3 Å². The molecule has 2 aliphatic heterocycles. The van der Waals surface area contributed by atoms with E-state index in [0.717, 1.165) is 12.1 Å². The smallest absolute Gasteiger partial charge is 0.115 e. The van der Waals surface area contributed by atoms with Crippen LogP contribution in [0.5, 0.6) is 5.75 Å². The van der Waals surface area contributed by atoms with Crippen molar-refractivity contribution < 1.29 is 5.11 Å². The van der Waals surface area contributed by atoms with Crippen molar-refractivity contribution >= 4 is 0 Å².